The van der Waals surface area contributed by atoms with Gasteiger partial charge in [-0.05, 0) is 57.9 Å². The van der Waals surface area contributed by atoms with Gasteiger partial charge in [0.1, 0.15) is 5.82 Å². The van der Waals surface area contributed by atoms with E-state index in [1.807, 2.05) is 6.92 Å². The molecule has 1 amide bonds. The van der Waals surface area contributed by atoms with E-state index in [-0.39, 0.29) is 11.9 Å². The van der Waals surface area contributed by atoms with Crippen molar-refractivity contribution in [3.63, 3.8) is 0 Å². The number of amides is 1. The minimum Gasteiger partial charge on any atom is -0.347 e. The molecule has 0 spiro atoms. The number of nitrogens with zero attached hydrogens (tertiary/aromatic N) is 3. The van der Waals surface area contributed by atoms with Gasteiger partial charge in [-0.1, -0.05) is 13.8 Å². The number of hydrogen-bond donors (Lipinski definition) is 1. The predicted molar refractivity (Wildman–Crippen MR) is 78.6 cm³/mol. The van der Waals surface area contributed by atoms with Crippen LogP contribution in [0.5, 0.6) is 0 Å². The summed E-state index contributed by atoms with van der Waals surface area (Å²) < 4.78 is 4.02. The van der Waals surface area contributed by atoms with Crippen molar-refractivity contribution in [1.29, 1.82) is 0 Å². The molecule has 6 heteroatoms. The van der Waals surface area contributed by atoms with Crippen molar-refractivity contribution in [3.8, 4) is 0 Å². The SMILES string of the molecule is CCN(CC)CCC[C@H](C)NC(=O)c1nc(C)ns1. The summed E-state index contributed by atoms with van der Waals surface area (Å²) in [5.41, 5.74) is 0. The zero-order valence-electron chi connectivity index (χ0n) is 12.3. The maximum atomic E-state index is 11.9. The van der Waals surface area contributed by atoms with E-state index in [0.29, 0.717) is 10.8 Å². The van der Waals surface area contributed by atoms with E-state index in [4.69, 9.17) is 0 Å². The second kappa shape index (κ2) is 8.22. The van der Waals surface area contributed by atoms with Crippen LogP contribution in [0.15, 0.2) is 0 Å². The minimum absolute atomic E-state index is 0.110. The van der Waals surface area contributed by atoms with Crippen LogP contribution in [0.25, 0.3) is 0 Å². The Bertz CT molecular complexity index is 390. The molecule has 0 fully saturated rings. The van der Waals surface area contributed by atoms with Crippen LogP contribution >= 0.6 is 11.5 Å². The lowest BCUT2D eigenvalue weighted by Gasteiger charge is -2.19. The smallest absolute Gasteiger partial charge is 0.282 e. The van der Waals surface area contributed by atoms with E-state index in [1.165, 1.54) is 0 Å². The number of hydrogen-bond acceptors (Lipinski definition) is 5. The van der Waals surface area contributed by atoms with E-state index in [0.717, 1.165) is 44.0 Å². The first kappa shape index (κ1) is 16.0. The fourth-order valence-electron chi connectivity index (χ4n) is 1.91. The first-order chi connectivity index (χ1) is 9.06. The van der Waals surface area contributed by atoms with Crippen LogP contribution in [0, 0.1) is 6.92 Å². The van der Waals surface area contributed by atoms with Crippen LogP contribution in [0.3, 0.4) is 0 Å². The van der Waals surface area contributed by atoms with Gasteiger partial charge >= 0.3 is 0 Å². The molecular weight excluding hydrogens is 260 g/mol. The molecule has 0 aliphatic heterocycles. The lowest BCUT2D eigenvalue weighted by Crippen LogP contribution is -2.33. The number of aryl methyl sites for hydroxylation is 1. The highest BCUT2D eigenvalue weighted by molar-refractivity contribution is 7.07. The summed E-state index contributed by atoms with van der Waals surface area (Å²) in [6.07, 6.45) is 2.08. The molecule has 1 heterocycles. The second-order valence-corrected chi connectivity index (χ2v) is 5.44. The molecule has 1 aromatic heterocycles. The van der Waals surface area contributed by atoms with Crippen molar-refractivity contribution in [2.24, 2.45) is 0 Å². The summed E-state index contributed by atoms with van der Waals surface area (Å²) in [6, 6.07) is 0.173. The van der Waals surface area contributed by atoms with Gasteiger partial charge < -0.3 is 10.2 Å². The first-order valence-electron chi connectivity index (χ1n) is 6.90. The molecule has 108 valence electrons. The van der Waals surface area contributed by atoms with Crippen LogP contribution in [0.1, 0.15) is 49.2 Å². The van der Waals surface area contributed by atoms with Gasteiger partial charge in [0, 0.05) is 6.04 Å². The number of nitrogens with one attached hydrogen (secondary N) is 1. The molecule has 5 nitrogen and oxygen atoms in total. The third-order valence-electron chi connectivity index (χ3n) is 3.11. The Morgan fingerprint density at radius 3 is 2.63 bits per heavy atom. The molecule has 0 unspecified atom stereocenters. The van der Waals surface area contributed by atoms with E-state index in [2.05, 4.69) is 33.4 Å². The monoisotopic (exact) mass is 284 g/mol. The highest BCUT2D eigenvalue weighted by Gasteiger charge is 2.13. The molecule has 0 bridgehead atoms. The Hall–Kier alpha value is -1.01. The van der Waals surface area contributed by atoms with E-state index in [9.17, 15) is 4.79 Å². The average Bonchev–Trinajstić information content (AvgIpc) is 2.81. The zero-order valence-corrected chi connectivity index (χ0v) is 13.1. The summed E-state index contributed by atoms with van der Waals surface area (Å²) in [5, 5.41) is 3.42. The molecular formula is C13H24N4OS. The average molecular weight is 284 g/mol. The summed E-state index contributed by atoms with van der Waals surface area (Å²) >= 11 is 1.15. The number of carbonyl (C=O) groups excluding carboxylic acids is 1. The fourth-order valence-corrected chi connectivity index (χ4v) is 2.48. The third-order valence-corrected chi connectivity index (χ3v) is 3.91. The Morgan fingerprint density at radius 2 is 2.11 bits per heavy atom. The quantitative estimate of drug-likeness (QED) is 0.794. The van der Waals surface area contributed by atoms with E-state index < -0.39 is 0 Å². The second-order valence-electron chi connectivity index (χ2n) is 4.69. The van der Waals surface area contributed by atoms with Gasteiger partial charge in [0.05, 0.1) is 0 Å². The summed E-state index contributed by atoms with van der Waals surface area (Å²) in [5.74, 6) is 0.547. The number of carbonyl (C=O) groups is 1. The molecule has 0 saturated carbocycles. The molecule has 1 aromatic rings. The van der Waals surface area contributed by atoms with Gasteiger partial charge in [-0.3, -0.25) is 4.79 Å². The summed E-state index contributed by atoms with van der Waals surface area (Å²) in [7, 11) is 0. The highest BCUT2D eigenvalue weighted by atomic mass is 32.1. The number of aromatic nitrogens is 2. The van der Waals surface area contributed by atoms with Gasteiger partial charge in [0.25, 0.3) is 5.91 Å². The van der Waals surface area contributed by atoms with Gasteiger partial charge in [0.2, 0.25) is 5.01 Å². The highest BCUT2D eigenvalue weighted by Crippen LogP contribution is 2.05. The normalized spacial score (nSPS) is 12.7. The lowest BCUT2D eigenvalue weighted by atomic mass is 10.1. The van der Waals surface area contributed by atoms with Crippen LogP contribution in [-0.4, -0.2) is 45.8 Å². The molecule has 1 atom stereocenters. The van der Waals surface area contributed by atoms with Gasteiger partial charge in [0.15, 0.2) is 0 Å². The third kappa shape index (κ3) is 5.65. The Labute approximate surface area is 119 Å². The van der Waals surface area contributed by atoms with Crippen molar-refractivity contribution in [1.82, 2.24) is 19.6 Å². The van der Waals surface area contributed by atoms with E-state index in [1.54, 1.807) is 6.92 Å². The molecule has 0 radical (unpaired) electrons. The maximum absolute atomic E-state index is 11.9. The standard InChI is InChI=1S/C13H24N4OS/c1-5-17(6-2)9-7-8-10(3)14-12(18)13-15-11(4)16-19-13/h10H,5-9H2,1-4H3,(H,14,18)/t10-/m0/s1. The topological polar surface area (TPSA) is 58.1 Å². The first-order valence-corrected chi connectivity index (χ1v) is 7.67. The maximum Gasteiger partial charge on any atom is 0.282 e. The summed E-state index contributed by atoms with van der Waals surface area (Å²) in [6.45, 7) is 11.4. The van der Waals surface area contributed by atoms with Crippen molar-refractivity contribution in [2.45, 2.75) is 46.6 Å². The predicted octanol–water partition coefficient (Wildman–Crippen LogP) is 2.09. The molecule has 0 aromatic carbocycles. The molecule has 0 aliphatic carbocycles. The largest absolute Gasteiger partial charge is 0.347 e. The van der Waals surface area contributed by atoms with Crippen molar-refractivity contribution in [2.75, 3.05) is 19.6 Å². The van der Waals surface area contributed by atoms with Crippen molar-refractivity contribution < 1.29 is 4.79 Å². The summed E-state index contributed by atoms with van der Waals surface area (Å²) in [4.78, 5) is 18.3. The lowest BCUT2D eigenvalue weighted by molar-refractivity contribution is 0.0936. The van der Waals surface area contributed by atoms with Crippen LogP contribution in [0.2, 0.25) is 0 Å². The Kier molecular flexibility index (Phi) is 6.94. The van der Waals surface area contributed by atoms with Gasteiger partial charge in [-0.2, -0.15) is 4.37 Å². The van der Waals surface area contributed by atoms with Crippen LogP contribution < -0.4 is 5.32 Å². The van der Waals surface area contributed by atoms with Crippen molar-refractivity contribution >= 4 is 17.4 Å². The minimum atomic E-state index is -0.110. The molecule has 0 aliphatic rings. The Morgan fingerprint density at radius 1 is 1.42 bits per heavy atom. The fraction of sp³-hybridized carbons (Fsp3) is 0.769. The van der Waals surface area contributed by atoms with Gasteiger partial charge in [-0.25, -0.2) is 4.98 Å². The molecule has 1 N–H and O–H groups in total. The van der Waals surface area contributed by atoms with Crippen LogP contribution in [-0.2, 0) is 0 Å². The molecule has 0 saturated heterocycles. The number of rotatable bonds is 8. The molecule has 19 heavy (non-hydrogen) atoms. The zero-order chi connectivity index (χ0) is 14.3. The Balaban J connectivity index is 2.27. The van der Waals surface area contributed by atoms with Crippen molar-refractivity contribution in [3.05, 3.63) is 10.8 Å². The van der Waals surface area contributed by atoms with Crippen LogP contribution in [0.4, 0.5) is 0 Å². The molecule has 1 rings (SSSR count). The van der Waals surface area contributed by atoms with E-state index >= 15 is 0 Å². The van der Waals surface area contributed by atoms with Gasteiger partial charge in [-0.15, -0.1) is 0 Å².